The van der Waals surface area contributed by atoms with Crippen molar-refractivity contribution >= 4 is 42.5 Å². The Morgan fingerprint density at radius 1 is 0.943 bits per heavy atom. The molecule has 35 heavy (non-hydrogen) atoms. The summed E-state index contributed by atoms with van der Waals surface area (Å²) < 4.78 is 5.94. The first-order chi connectivity index (χ1) is 16.4. The van der Waals surface area contributed by atoms with Gasteiger partial charge in [-0.2, -0.15) is 11.8 Å². The molecule has 0 saturated heterocycles. The Kier molecular flexibility index (Phi) is 11.6. The van der Waals surface area contributed by atoms with Gasteiger partial charge in [0.15, 0.2) is 0 Å². The molecule has 1 unspecified atom stereocenters. The summed E-state index contributed by atoms with van der Waals surface area (Å²) in [5.41, 5.74) is 6.43. The molecule has 3 rings (SSSR count). The molecule has 1 amide bonds. The Morgan fingerprint density at radius 2 is 1.66 bits per heavy atom. The van der Waals surface area contributed by atoms with Gasteiger partial charge in [0.2, 0.25) is 0 Å². The molecule has 0 fully saturated rings. The summed E-state index contributed by atoms with van der Waals surface area (Å²) in [5.74, 6) is -0.765. The van der Waals surface area contributed by atoms with Crippen LogP contribution in [-0.2, 0) is 22.7 Å². The molecule has 0 aliphatic rings. The number of aryl methyl sites for hydroxylation is 2. The van der Waals surface area contributed by atoms with Gasteiger partial charge in [0.25, 0.3) is 5.91 Å². The van der Waals surface area contributed by atoms with E-state index in [2.05, 4.69) is 24.4 Å². The number of nitrogens with one attached hydrogen (secondary N) is 1. The number of ether oxygens (including phenoxy) is 1. The van der Waals surface area contributed by atoms with Crippen molar-refractivity contribution in [3.63, 3.8) is 0 Å². The van der Waals surface area contributed by atoms with E-state index in [-0.39, 0.29) is 24.8 Å². The molecule has 0 heterocycles. The monoisotopic (exact) mass is 485 g/mol. The van der Waals surface area contributed by atoms with Crippen molar-refractivity contribution in [2.45, 2.75) is 39.5 Å². The fraction of sp³-hybridized carbons (Fsp3) is 0.286. The van der Waals surface area contributed by atoms with Crippen LogP contribution in [0.2, 0.25) is 0 Å². The van der Waals surface area contributed by atoms with Gasteiger partial charge >= 0.3 is 24.8 Å². The van der Waals surface area contributed by atoms with Crippen molar-refractivity contribution < 1.29 is 19.4 Å². The maximum absolute atomic E-state index is 13.2. The van der Waals surface area contributed by atoms with E-state index in [9.17, 15) is 14.7 Å². The molecule has 0 aliphatic heterocycles. The van der Waals surface area contributed by atoms with Crippen molar-refractivity contribution in [2.75, 3.05) is 12.0 Å². The van der Waals surface area contributed by atoms with Gasteiger partial charge in [0, 0.05) is 5.56 Å². The SMILES string of the molecule is CSCCC(NC(=O)c1ccc(COCc2cccc(C)c2)cc1-c1ccccc1C)C(=O)O.[LiH]. The Bertz CT molecular complexity index is 1150. The first-order valence-electron chi connectivity index (χ1n) is 11.2. The van der Waals surface area contributed by atoms with Crippen molar-refractivity contribution in [3.8, 4) is 11.1 Å². The zero-order valence-corrected chi connectivity index (χ0v) is 20.7. The van der Waals surface area contributed by atoms with E-state index >= 15 is 0 Å². The molecule has 3 aromatic carbocycles. The topological polar surface area (TPSA) is 75.6 Å². The molecule has 5 nitrogen and oxygen atoms in total. The second-order valence-electron chi connectivity index (χ2n) is 8.32. The van der Waals surface area contributed by atoms with E-state index < -0.39 is 12.0 Å². The van der Waals surface area contributed by atoms with Gasteiger partial charge in [-0.3, -0.25) is 4.79 Å². The number of carbonyl (C=O) groups excluding carboxylic acids is 1. The molecule has 0 radical (unpaired) electrons. The van der Waals surface area contributed by atoms with Gasteiger partial charge in [-0.25, -0.2) is 4.79 Å². The number of aliphatic carboxylic acids is 1. The molecule has 0 saturated carbocycles. The van der Waals surface area contributed by atoms with Crippen LogP contribution in [0.3, 0.4) is 0 Å². The van der Waals surface area contributed by atoms with Crippen LogP contribution in [-0.4, -0.2) is 53.9 Å². The van der Waals surface area contributed by atoms with E-state index in [1.54, 1.807) is 17.8 Å². The first-order valence-corrected chi connectivity index (χ1v) is 12.6. The molecule has 1 atom stereocenters. The quantitative estimate of drug-likeness (QED) is 0.375. The number of carboxylic acids is 1. The number of carboxylic acid groups (broad SMARTS) is 1. The Labute approximate surface area is 223 Å². The normalized spacial score (nSPS) is 11.4. The molecular formula is C28H32LiNO4S. The average molecular weight is 486 g/mol. The minimum absolute atomic E-state index is 0. The van der Waals surface area contributed by atoms with Gasteiger partial charge in [0.05, 0.1) is 13.2 Å². The predicted octanol–water partition coefficient (Wildman–Crippen LogP) is 4.97. The second-order valence-corrected chi connectivity index (χ2v) is 9.31. The van der Waals surface area contributed by atoms with Crippen molar-refractivity contribution in [3.05, 3.63) is 94.5 Å². The number of amides is 1. The number of hydrogen-bond donors (Lipinski definition) is 2. The molecule has 0 aliphatic carbocycles. The Balaban J connectivity index is 0.00000432. The molecule has 3 aromatic rings. The summed E-state index contributed by atoms with van der Waals surface area (Å²) in [7, 11) is 0. The van der Waals surface area contributed by atoms with E-state index in [0.29, 0.717) is 31.0 Å². The van der Waals surface area contributed by atoms with Gasteiger partial charge in [-0.1, -0.05) is 60.2 Å². The third kappa shape index (κ3) is 8.30. The molecule has 180 valence electrons. The summed E-state index contributed by atoms with van der Waals surface area (Å²) >= 11 is 1.55. The summed E-state index contributed by atoms with van der Waals surface area (Å²) in [4.78, 5) is 24.8. The molecule has 7 heteroatoms. The summed E-state index contributed by atoms with van der Waals surface area (Å²) in [6.45, 7) is 4.95. The minimum atomic E-state index is -1.03. The number of rotatable bonds is 11. The molecule has 2 N–H and O–H groups in total. The first kappa shape index (κ1) is 28.7. The standard InChI is InChI=1S/C28H31NO4S.Li.H/c1-19-7-6-9-21(15-19)17-33-18-22-11-12-24(25(16-22)23-10-5-4-8-20(23)2)27(30)29-26(28(31)32)13-14-34-3;;/h4-12,15-16,26H,13-14,17-18H2,1-3H3,(H,29,30)(H,31,32);;. The number of carbonyl (C=O) groups is 2. The predicted molar refractivity (Wildman–Crippen MR) is 145 cm³/mol. The van der Waals surface area contributed by atoms with Crippen molar-refractivity contribution in [2.24, 2.45) is 0 Å². The van der Waals surface area contributed by atoms with Crippen molar-refractivity contribution in [1.29, 1.82) is 0 Å². The van der Waals surface area contributed by atoms with Gasteiger partial charge in [-0.15, -0.1) is 0 Å². The number of thioether (sulfide) groups is 1. The maximum atomic E-state index is 13.2. The molecule has 0 spiro atoms. The fourth-order valence-corrected chi connectivity index (χ4v) is 4.27. The zero-order chi connectivity index (χ0) is 24.5. The van der Waals surface area contributed by atoms with Gasteiger partial charge in [0.1, 0.15) is 6.04 Å². The van der Waals surface area contributed by atoms with Crippen LogP contribution < -0.4 is 5.32 Å². The van der Waals surface area contributed by atoms with E-state index in [1.807, 2.05) is 61.7 Å². The number of benzene rings is 3. The van der Waals surface area contributed by atoms with Crippen molar-refractivity contribution in [1.82, 2.24) is 5.32 Å². The third-order valence-electron chi connectivity index (χ3n) is 5.60. The average Bonchev–Trinajstić information content (AvgIpc) is 2.82. The van der Waals surface area contributed by atoms with Crippen LogP contribution in [0.4, 0.5) is 0 Å². The van der Waals surface area contributed by atoms with Crippen LogP contribution >= 0.6 is 11.8 Å². The van der Waals surface area contributed by atoms with E-state index in [4.69, 9.17) is 4.74 Å². The Morgan fingerprint density at radius 3 is 2.31 bits per heavy atom. The summed E-state index contributed by atoms with van der Waals surface area (Å²) in [6.07, 6.45) is 2.28. The zero-order valence-electron chi connectivity index (χ0n) is 19.8. The summed E-state index contributed by atoms with van der Waals surface area (Å²) in [5, 5.41) is 12.2. The fourth-order valence-electron chi connectivity index (χ4n) is 3.79. The number of hydrogen-bond acceptors (Lipinski definition) is 4. The molecule has 0 aromatic heterocycles. The third-order valence-corrected chi connectivity index (χ3v) is 6.24. The van der Waals surface area contributed by atoms with Crippen LogP contribution in [0.25, 0.3) is 11.1 Å². The van der Waals surface area contributed by atoms with Gasteiger partial charge in [-0.05, 0) is 72.2 Å². The van der Waals surface area contributed by atoms with E-state index in [1.165, 1.54) is 5.56 Å². The van der Waals surface area contributed by atoms with Crippen LogP contribution in [0.5, 0.6) is 0 Å². The summed E-state index contributed by atoms with van der Waals surface area (Å²) in [6, 6.07) is 20.7. The van der Waals surface area contributed by atoms with Gasteiger partial charge < -0.3 is 15.2 Å². The van der Waals surface area contributed by atoms with Crippen LogP contribution in [0.1, 0.15) is 39.0 Å². The van der Waals surface area contributed by atoms with E-state index in [0.717, 1.165) is 27.8 Å². The molecule has 0 bridgehead atoms. The second kappa shape index (κ2) is 14.2. The van der Waals surface area contributed by atoms with Crippen LogP contribution in [0, 0.1) is 13.8 Å². The molecular weight excluding hydrogens is 453 g/mol. The Hall–Kier alpha value is -2.49. The van der Waals surface area contributed by atoms with Crippen LogP contribution in [0.15, 0.2) is 66.7 Å².